The van der Waals surface area contributed by atoms with E-state index >= 15 is 0 Å². The van der Waals surface area contributed by atoms with Crippen LogP contribution in [0.25, 0.3) is 11.0 Å². The molecule has 18 heavy (non-hydrogen) atoms. The Morgan fingerprint density at radius 3 is 2.72 bits per heavy atom. The van der Waals surface area contributed by atoms with Gasteiger partial charge in [-0.3, -0.25) is 0 Å². The third-order valence-corrected chi connectivity index (χ3v) is 2.74. The van der Waals surface area contributed by atoms with Crippen molar-refractivity contribution < 1.29 is 13.5 Å². The molecule has 0 spiro atoms. The van der Waals surface area contributed by atoms with Gasteiger partial charge in [-0.1, -0.05) is 29.8 Å². The average molecular weight is 263 g/mol. The molecule has 4 heteroatoms. The molecule has 0 atom stereocenters. The monoisotopic (exact) mass is 262 g/mol. The molecular formula is C14H8ClFO2. The van der Waals surface area contributed by atoms with Crippen molar-refractivity contribution in [3.63, 3.8) is 0 Å². The first-order chi connectivity index (χ1) is 8.72. The van der Waals surface area contributed by atoms with Gasteiger partial charge in [-0.15, -0.1) is 0 Å². The first kappa shape index (κ1) is 11.1. The molecule has 0 fully saturated rings. The number of ether oxygens (including phenoxy) is 1. The van der Waals surface area contributed by atoms with E-state index in [9.17, 15) is 4.39 Å². The molecule has 0 saturated heterocycles. The Morgan fingerprint density at radius 2 is 1.89 bits per heavy atom. The van der Waals surface area contributed by atoms with E-state index in [-0.39, 0.29) is 0 Å². The van der Waals surface area contributed by atoms with Gasteiger partial charge in [0.1, 0.15) is 5.75 Å². The normalized spacial score (nSPS) is 10.8. The van der Waals surface area contributed by atoms with E-state index in [1.54, 1.807) is 42.5 Å². The third-order valence-electron chi connectivity index (χ3n) is 2.50. The second-order valence-electron chi connectivity index (χ2n) is 3.78. The van der Waals surface area contributed by atoms with Gasteiger partial charge in [-0.2, -0.15) is 4.39 Å². The van der Waals surface area contributed by atoms with Crippen LogP contribution in [-0.2, 0) is 0 Å². The molecule has 3 aromatic rings. The Bertz CT molecular complexity index is 706. The number of halogens is 2. The van der Waals surface area contributed by atoms with Crippen LogP contribution in [0.5, 0.6) is 11.5 Å². The summed E-state index contributed by atoms with van der Waals surface area (Å²) in [6.07, 6.45) is 0. The van der Waals surface area contributed by atoms with Crippen molar-refractivity contribution in [3.8, 4) is 11.5 Å². The third kappa shape index (κ3) is 2.05. The SMILES string of the molecule is Fc1cc2cccc(Oc3cccc(Cl)c3)c2o1. The zero-order chi connectivity index (χ0) is 12.5. The summed E-state index contributed by atoms with van der Waals surface area (Å²) in [5.74, 6) is 1.03. The summed E-state index contributed by atoms with van der Waals surface area (Å²) >= 11 is 5.87. The van der Waals surface area contributed by atoms with E-state index in [4.69, 9.17) is 20.8 Å². The summed E-state index contributed by atoms with van der Waals surface area (Å²) < 4.78 is 23.7. The number of furan rings is 1. The molecule has 0 amide bonds. The molecular weight excluding hydrogens is 255 g/mol. The molecule has 2 aromatic carbocycles. The zero-order valence-electron chi connectivity index (χ0n) is 9.19. The van der Waals surface area contributed by atoms with Gasteiger partial charge >= 0.3 is 0 Å². The highest BCUT2D eigenvalue weighted by Crippen LogP contribution is 2.32. The number of hydrogen-bond donors (Lipinski definition) is 0. The Kier molecular flexibility index (Phi) is 2.68. The van der Waals surface area contributed by atoms with Crippen LogP contribution < -0.4 is 4.74 Å². The van der Waals surface area contributed by atoms with Crippen LogP contribution in [0, 0.1) is 6.01 Å². The van der Waals surface area contributed by atoms with Crippen molar-refractivity contribution in [1.29, 1.82) is 0 Å². The molecule has 0 N–H and O–H groups in total. The van der Waals surface area contributed by atoms with E-state index in [0.29, 0.717) is 27.5 Å². The highest BCUT2D eigenvalue weighted by atomic mass is 35.5. The Labute approximate surface area is 108 Å². The highest BCUT2D eigenvalue weighted by Gasteiger charge is 2.09. The number of fused-ring (bicyclic) bond motifs is 1. The number of hydrogen-bond acceptors (Lipinski definition) is 2. The maximum Gasteiger partial charge on any atom is 0.279 e. The lowest BCUT2D eigenvalue weighted by atomic mass is 10.2. The minimum Gasteiger partial charge on any atom is -0.453 e. The van der Waals surface area contributed by atoms with Gasteiger partial charge in [0.05, 0.1) is 0 Å². The van der Waals surface area contributed by atoms with Crippen molar-refractivity contribution in [3.05, 3.63) is 59.6 Å². The molecule has 0 unspecified atom stereocenters. The topological polar surface area (TPSA) is 22.4 Å². The number of benzene rings is 2. The Balaban J connectivity index is 2.04. The zero-order valence-corrected chi connectivity index (χ0v) is 9.95. The number of rotatable bonds is 2. The summed E-state index contributed by atoms with van der Waals surface area (Å²) in [4.78, 5) is 0. The predicted octanol–water partition coefficient (Wildman–Crippen LogP) is 5.02. The van der Waals surface area contributed by atoms with E-state index < -0.39 is 6.01 Å². The molecule has 2 nitrogen and oxygen atoms in total. The minimum absolute atomic E-state index is 0.384. The van der Waals surface area contributed by atoms with Crippen molar-refractivity contribution in [2.75, 3.05) is 0 Å². The Hall–Kier alpha value is -2.00. The molecule has 0 aliphatic rings. The molecule has 1 heterocycles. The van der Waals surface area contributed by atoms with Crippen molar-refractivity contribution in [1.82, 2.24) is 0 Å². The van der Waals surface area contributed by atoms with Crippen LogP contribution in [0.4, 0.5) is 4.39 Å². The lowest BCUT2D eigenvalue weighted by Gasteiger charge is -2.05. The largest absolute Gasteiger partial charge is 0.453 e. The van der Waals surface area contributed by atoms with E-state index in [1.165, 1.54) is 6.07 Å². The summed E-state index contributed by atoms with van der Waals surface area (Å²) in [6, 6.07) is 12.9. The summed E-state index contributed by atoms with van der Waals surface area (Å²) in [7, 11) is 0. The average Bonchev–Trinajstić information content (AvgIpc) is 2.71. The molecule has 90 valence electrons. The fraction of sp³-hybridized carbons (Fsp3) is 0. The van der Waals surface area contributed by atoms with E-state index in [0.717, 1.165) is 0 Å². The van der Waals surface area contributed by atoms with Gasteiger partial charge in [0.15, 0.2) is 11.3 Å². The first-order valence-electron chi connectivity index (χ1n) is 5.34. The fourth-order valence-electron chi connectivity index (χ4n) is 1.74. The van der Waals surface area contributed by atoms with Gasteiger partial charge < -0.3 is 9.15 Å². The Morgan fingerprint density at radius 1 is 1.06 bits per heavy atom. The van der Waals surface area contributed by atoms with Gasteiger partial charge in [0, 0.05) is 16.5 Å². The summed E-state index contributed by atoms with van der Waals surface area (Å²) in [5, 5.41) is 1.23. The highest BCUT2D eigenvalue weighted by molar-refractivity contribution is 6.30. The van der Waals surface area contributed by atoms with Crippen LogP contribution in [0.2, 0.25) is 5.02 Å². The minimum atomic E-state index is -0.632. The fourth-order valence-corrected chi connectivity index (χ4v) is 1.92. The van der Waals surface area contributed by atoms with Gasteiger partial charge in [0.2, 0.25) is 0 Å². The van der Waals surface area contributed by atoms with Crippen molar-refractivity contribution in [2.24, 2.45) is 0 Å². The van der Waals surface area contributed by atoms with Crippen molar-refractivity contribution >= 4 is 22.6 Å². The van der Waals surface area contributed by atoms with Gasteiger partial charge in [-0.05, 0) is 24.3 Å². The van der Waals surface area contributed by atoms with Gasteiger partial charge in [-0.25, -0.2) is 0 Å². The van der Waals surface area contributed by atoms with E-state index in [1.807, 2.05) is 0 Å². The smallest absolute Gasteiger partial charge is 0.279 e. The van der Waals surface area contributed by atoms with Crippen LogP contribution in [-0.4, -0.2) is 0 Å². The predicted molar refractivity (Wildman–Crippen MR) is 67.7 cm³/mol. The van der Waals surface area contributed by atoms with Crippen LogP contribution in [0.1, 0.15) is 0 Å². The maximum absolute atomic E-state index is 13.1. The molecule has 0 aliphatic heterocycles. The van der Waals surface area contributed by atoms with E-state index in [2.05, 4.69) is 0 Å². The van der Waals surface area contributed by atoms with Crippen LogP contribution in [0.3, 0.4) is 0 Å². The molecule has 0 saturated carbocycles. The first-order valence-corrected chi connectivity index (χ1v) is 5.72. The molecule has 0 aliphatic carbocycles. The second-order valence-corrected chi connectivity index (χ2v) is 4.22. The standard InChI is InChI=1S/C14H8ClFO2/c15-10-4-2-5-11(8-10)17-12-6-1-3-9-7-13(16)18-14(9)12/h1-8H. The summed E-state index contributed by atoms with van der Waals surface area (Å²) in [6.45, 7) is 0. The second kappa shape index (κ2) is 4.35. The number of para-hydroxylation sites is 1. The van der Waals surface area contributed by atoms with Crippen molar-refractivity contribution in [2.45, 2.75) is 0 Å². The lowest BCUT2D eigenvalue weighted by Crippen LogP contribution is -1.84. The summed E-state index contributed by atoms with van der Waals surface area (Å²) in [5.41, 5.74) is 0.384. The van der Waals surface area contributed by atoms with Crippen LogP contribution in [0.15, 0.2) is 52.9 Å². The lowest BCUT2D eigenvalue weighted by molar-refractivity contribution is 0.372. The molecule has 3 rings (SSSR count). The van der Waals surface area contributed by atoms with Gasteiger partial charge in [0.25, 0.3) is 6.01 Å². The van der Waals surface area contributed by atoms with Crippen LogP contribution >= 0.6 is 11.6 Å². The molecule has 0 radical (unpaired) electrons. The molecule has 0 bridgehead atoms. The molecule has 1 aromatic heterocycles. The quantitative estimate of drug-likeness (QED) is 0.647. The maximum atomic E-state index is 13.1.